The molecule has 0 unspecified atom stereocenters. The van der Waals surface area contributed by atoms with E-state index in [1.807, 2.05) is 19.0 Å². The van der Waals surface area contributed by atoms with Crippen LogP contribution in [0.15, 0.2) is 34.9 Å². The fraction of sp³-hybridized carbons (Fsp3) is 0.231. The predicted octanol–water partition coefficient (Wildman–Crippen LogP) is 3.06. The number of anilines is 2. The van der Waals surface area contributed by atoms with Gasteiger partial charge >= 0.3 is 0 Å². The van der Waals surface area contributed by atoms with Crippen LogP contribution in [0.25, 0.3) is 0 Å². The number of halogens is 2. The van der Waals surface area contributed by atoms with Crippen LogP contribution in [0.4, 0.5) is 16.2 Å². The van der Waals surface area contributed by atoms with Crippen LogP contribution in [0.2, 0.25) is 0 Å². The SMILES string of the molecule is CN(C)c1nccc(NCc2cc(F)ccc2Br)n1. The second-order valence-corrected chi connectivity index (χ2v) is 5.08. The molecule has 0 radical (unpaired) electrons. The van der Waals surface area contributed by atoms with Gasteiger partial charge in [0, 0.05) is 31.3 Å². The van der Waals surface area contributed by atoms with E-state index in [1.165, 1.54) is 12.1 Å². The summed E-state index contributed by atoms with van der Waals surface area (Å²) in [5.41, 5.74) is 0.838. The zero-order valence-corrected chi connectivity index (χ0v) is 12.3. The highest BCUT2D eigenvalue weighted by Gasteiger charge is 2.04. The van der Waals surface area contributed by atoms with Gasteiger partial charge in [0.25, 0.3) is 0 Å². The van der Waals surface area contributed by atoms with Crippen LogP contribution >= 0.6 is 15.9 Å². The van der Waals surface area contributed by atoms with E-state index in [4.69, 9.17) is 0 Å². The van der Waals surface area contributed by atoms with Crippen LogP contribution in [0.1, 0.15) is 5.56 Å². The molecule has 0 aliphatic rings. The Morgan fingerprint density at radius 2 is 2.11 bits per heavy atom. The third kappa shape index (κ3) is 3.64. The highest BCUT2D eigenvalue weighted by molar-refractivity contribution is 9.10. The molecule has 100 valence electrons. The Labute approximate surface area is 119 Å². The smallest absolute Gasteiger partial charge is 0.226 e. The first-order chi connectivity index (χ1) is 9.06. The molecule has 1 aromatic heterocycles. The van der Waals surface area contributed by atoms with Crippen molar-refractivity contribution in [3.05, 3.63) is 46.3 Å². The van der Waals surface area contributed by atoms with Gasteiger partial charge < -0.3 is 10.2 Å². The van der Waals surface area contributed by atoms with Gasteiger partial charge in [-0.3, -0.25) is 0 Å². The van der Waals surface area contributed by atoms with E-state index in [0.29, 0.717) is 18.3 Å². The van der Waals surface area contributed by atoms with Gasteiger partial charge in [-0.2, -0.15) is 4.98 Å². The normalized spacial score (nSPS) is 10.3. The summed E-state index contributed by atoms with van der Waals surface area (Å²) >= 11 is 3.39. The molecule has 0 amide bonds. The maximum absolute atomic E-state index is 13.2. The van der Waals surface area contributed by atoms with Crippen LogP contribution in [0.5, 0.6) is 0 Å². The fourth-order valence-corrected chi connectivity index (χ4v) is 1.91. The molecule has 0 saturated carbocycles. The van der Waals surface area contributed by atoms with Gasteiger partial charge in [0.05, 0.1) is 0 Å². The summed E-state index contributed by atoms with van der Waals surface area (Å²) in [6.07, 6.45) is 1.69. The number of benzene rings is 1. The van der Waals surface area contributed by atoms with Gasteiger partial charge in [0.15, 0.2) is 0 Å². The van der Waals surface area contributed by atoms with E-state index in [9.17, 15) is 4.39 Å². The lowest BCUT2D eigenvalue weighted by atomic mass is 10.2. The number of hydrogen-bond acceptors (Lipinski definition) is 4. The second-order valence-electron chi connectivity index (χ2n) is 4.23. The summed E-state index contributed by atoms with van der Waals surface area (Å²) in [4.78, 5) is 10.3. The molecule has 1 heterocycles. The van der Waals surface area contributed by atoms with Crippen LogP contribution < -0.4 is 10.2 Å². The third-order valence-electron chi connectivity index (χ3n) is 2.51. The molecule has 4 nitrogen and oxygen atoms in total. The molecular formula is C13H14BrFN4. The minimum absolute atomic E-state index is 0.253. The highest BCUT2D eigenvalue weighted by atomic mass is 79.9. The third-order valence-corrected chi connectivity index (χ3v) is 3.28. The highest BCUT2D eigenvalue weighted by Crippen LogP contribution is 2.19. The average Bonchev–Trinajstić information content (AvgIpc) is 2.40. The van der Waals surface area contributed by atoms with Crippen molar-refractivity contribution < 1.29 is 4.39 Å². The monoisotopic (exact) mass is 324 g/mol. The first-order valence-electron chi connectivity index (χ1n) is 5.74. The van der Waals surface area contributed by atoms with Crippen LogP contribution in [-0.2, 0) is 6.54 Å². The maximum atomic E-state index is 13.2. The summed E-state index contributed by atoms with van der Waals surface area (Å²) in [6.45, 7) is 0.488. The first-order valence-corrected chi connectivity index (χ1v) is 6.54. The minimum Gasteiger partial charge on any atom is -0.366 e. The molecule has 0 bridgehead atoms. The number of aromatic nitrogens is 2. The Morgan fingerprint density at radius 3 is 2.84 bits per heavy atom. The van der Waals surface area contributed by atoms with Crippen molar-refractivity contribution in [1.82, 2.24) is 9.97 Å². The van der Waals surface area contributed by atoms with Crippen molar-refractivity contribution in [1.29, 1.82) is 0 Å². The summed E-state index contributed by atoms with van der Waals surface area (Å²) < 4.78 is 14.0. The topological polar surface area (TPSA) is 41.1 Å². The Bertz CT molecular complexity index is 574. The van der Waals surface area contributed by atoms with Crippen molar-refractivity contribution in [2.45, 2.75) is 6.54 Å². The van der Waals surface area contributed by atoms with Crippen molar-refractivity contribution in [2.75, 3.05) is 24.3 Å². The second kappa shape index (κ2) is 5.97. The lowest BCUT2D eigenvalue weighted by molar-refractivity contribution is 0.625. The molecule has 2 rings (SSSR count). The zero-order chi connectivity index (χ0) is 13.8. The summed E-state index contributed by atoms with van der Waals surface area (Å²) in [5.74, 6) is 1.08. The Morgan fingerprint density at radius 1 is 1.32 bits per heavy atom. The number of rotatable bonds is 4. The van der Waals surface area contributed by atoms with Gasteiger partial charge in [0.2, 0.25) is 5.95 Å². The van der Waals surface area contributed by atoms with E-state index >= 15 is 0 Å². The van der Waals surface area contributed by atoms with Crippen LogP contribution in [0.3, 0.4) is 0 Å². The largest absolute Gasteiger partial charge is 0.366 e. The van der Waals surface area contributed by atoms with E-state index in [2.05, 4.69) is 31.2 Å². The molecule has 0 aliphatic heterocycles. The number of nitrogens with one attached hydrogen (secondary N) is 1. The number of nitrogens with zero attached hydrogens (tertiary/aromatic N) is 3. The lowest BCUT2D eigenvalue weighted by Gasteiger charge is -2.12. The Hall–Kier alpha value is -1.69. The van der Waals surface area contributed by atoms with Gasteiger partial charge in [-0.1, -0.05) is 15.9 Å². The van der Waals surface area contributed by atoms with Crippen LogP contribution in [-0.4, -0.2) is 24.1 Å². The van der Waals surface area contributed by atoms with E-state index in [-0.39, 0.29) is 5.82 Å². The minimum atomic E-state index is -0.253. The van der Waals surface area contributed by atoms with Gasteiger partial charge in [0.1, 0.15) is 11.6 Å². The van der Waals surface area contributed by atoms with Crippen molar-refractivity contribution in [3.63, 3.8) is 0 Å². The molecule has 6 heteroatoms. The zero-order valence-electron chi connectivity index (χ0n) is 10.7. The van der Waals surface area contributed by atoms with Gasteiger partial charge in [-0.05, 0) is 29.8 Å². The molecule has 0 aliphatic carbocycles. The summed E-state index contributed by atoms with van der Waals surface area (Å²) in [5, 5.41) is 3.15. The molecule has 0 atom stereocenters. The number of hydrogen-bond donors (Lipinski definition) is 1. The molecule has 0 spiro atoms. The molecule has 2 aromatic rings. The molecule has 1 N–H and O–H groups in total. The Balaban J connectivity index is 2.10. The van der Waals surface area contributed by atoms with Crippen molar-refractivity contribution >= 4 is 27.7 Å². The molecule has 19 heavy (non-hydrogen) atoms. The van der Waals surface area contributed by atoms with E-state index in [1.54, 1.807) is 18.3 Å². The quantitative estimate of drug-likeness (QED) is 0.938. The van der Waals surface area contributed by atoms with Gasteiger partial charge in [-0.25, -0.2) is 9.37 Å². The van der Waals surface area contributed by atoms with Crippen molar-refractivity contribution in [2.24, 2.45) is 0 Å². The molecule has 0 saturated heterocycles. The summed E-state index contributed by atoms with van der Waals surface area (Å²) in [7, 11) is 3.75. The standard InChI is InChI=1S/C13H14BrFN4/c1-19(2)13-16-6-5-12(18-13)17-8-9-7-10(15)3-4-11(9)14/h3-7H,8H2,1-2H3,(H,16,17,18). The lowest BCUT2D eigenvalue weighted by Crippen LogP contribution is -2.13. The van der Waals surface area contributed by atoms with Gasteiger partial charge in [-0.15, -0.1) is 0 Å². The van der Waals surface area contributed by atoms with E-state index in [0.717, 1.165) is 10.0 Å². The molecular weight excluding hydrogens is 311 g/mol. The average molecular weight is 325 g/mol. The van der Waals surface area contributed by atoms with Crippen LogP contribution in [0, 0.1) is 5.82 Å². The predicted molar refractivity (Wildman–Crippen MR) is 77.8 cm³/mol. The Kier molecular flexibility index (Phi) is 4.31. The molecule has 0 fully saturated rings. The maximum Gasteiger partial charge on any atom is 0.226 e. The first kappa shape index (κ1) is 13.7. The fourth-order valence-electron chi connectivity index (χ4n) is 1.53. The van der Waals surface area contributed by atoms with E-state index < -0.39 is 0 Å². The molecule has 1 aromatic carbocycles. The summed E-state index contributed by atoms with van der Waals surface area (Å²) in [6, 6.07) is 6.38. The van der Waals surface area contributed by atoms with Crippen molar-refractivity contribution in [3.8, 4) is 0 Å².